The van der Waals surface area contributed by atoms with Gasteiger partial charge in [0.05, 0.1) is 4.90 Å². The number of hydrogen-bond acceptors (Lipinski definition) is 3. The predicted molar refractivity (Wildman–Crippen MR) is 93.5 cm³/mol. The van der Waals surface area contributed by atoms with Crippen LogP contribution in [0.1, 0.15) is 18.1 Å². The van der Waals surface area contributed by atoms with E-state index in [2.05, 4.69) is 4.72 Å². The lowest BCUT2D eigenvalue weighted by Crippen LogP contribution is -2.26. The smallest absolute Gasteiger partial charge is 0.240 e. The summed E-state index contributed by atoms with van der Waals surface area (Å²) in [7, 11) is -3.54. The number of sulfonamides is 1. The number of rotatable bonds is 5. The molecular formula is C18H20N2O3S. The molecular weight excluding hydrogens is 324 g/mol. The third-order valence-corrected chi connectivity index (χ3v) is 5.64. The zero-order chi connectivity index (χ0) is 17.2. The highest BCUT2D eigenvalue weighted by atomic mass is 32.2. The number of hydrogen-bond donors (Lipinski definition) is 1. The first-order valence-corrected chi connectivity index (χ1v) is 9.40. The Balaban J connectivity index is 1.70. The van der Waals surface area contributed by atoms with Crippen LogP contribution in [0.2, 0.25) is 0 Å². The molecule has 0 spiro atoms. The third-order valence-electron chi connectivity index (χ3n) is 4.19. The maximum atomic E-state index is 12.4. The topological polar surface area (TPSA) is 66.5 Å². The number of nitrogens with one attached hydrogen (secondary N) is 1. The average molecular weight is 344 g/mol. The summed E-state index contributed by atoms with van der Waals surface area (Å²) in [5, 5.41) is 0. The maximum Gasteiger partial charge on any atom is 0.240 e. The summed E-state index contributed by atoms with van der Waals surface area (Å²) in [5.41, 5.74) is 2.80. The lowest BCUT2D eigenvalue weighted by Gasteiger charge is -2.15. The molecule has 2 aromatic rings. The van der Waals surface area contributed by atoms with Crippen LogP contribution in [0.5, 0.6) is 0 Å². The van der Waals surface area contributed by atoms with Crippen LogP contribution in [0, 0.1) is 0 Å². The molecule has 0 saturated carbocycles. The SMILES string of the molecule is CC(=O)N1CCc2cc(S(=O)(=O)NCCc3ccccc3)ccc21. The molecule has 0 atom stereocenters. The summed E-state index contributed by atoms with van der Waals surface area (Å²) in [5.74, 6) is -0.0228. The van der Waals surface area contributed by atoms with E-state index in [1.54, 1.807) is 23.1 Å². The standard InChI is InChI=1S/C18H20N2O3S/c1-14(21)20-12-10-16-13-17(7-8-18(16)20)24(22,23)19-11-9-15-5-3-2-4-6-15/h2-8,13,19H,9-12H2,1H3. The van der Waals surface area contributed by atoms with E-state index in [1.165, 1.54) is 6.92 Å². The highest BCUT2D eigenvalue weighted by Crippen LogP contribution is 2.30. The van der Waals surface area contributed by atoms with E-state index in [4.69, 9.17) is 0 Å². The van der Waals surface area contributed by atoms with Gasteiger partial charge in [-0.1, -0.05) is 30.3 Å². The quantitative estimate of drug-likeness (QED) is 0.903. The minimum Gasteiger partial charge on any atom is -0.312 e. The van der Waals surface area contributed by atoms with Crippen LogP contribution < -0.4 is 9.62 Å². The highest BCUT2D eigenvalue weighted by molar-refractivity contribution is 7.89. The number of carbonyl (C=O) groups excluding carboxylic acids is 1. The second-order valence-electron chi connectivity index (χ2n) is 5.84. The predicted octanol–water partition coefficient (Wildman–Crippen LogP) is 2.12. The van der Waals surface area contributed by atoms with Crippen molar-refractivity contribution in [1.82, 2.24) is 4.72 Å². The van der Waals surface area contributed by atoms with Crippen molar-refractivity contribution in [2.75, 3.05) is 18.0 Å². The fourth-order valence-corrected chi connectivity index (χ4v) is 4.01. The summed E-state index contributed by atoms with van der Waals surface area (Å²) in [6.07, 6.45) is 1.32. The van der Waals surface area contributed by atoms with Crippen LogP contribution in [-0.4, -0.2) is 27.4 Å². The van der Waals surface area contributed by atoms with Crippen molar-refractivity contribution in [2.24, 2.45) is 0 Å². The van der Waals surface area contributed by atoms with E-state index >= 15 is 0 Å². The van der Waals surface area contributed by atoms with Gasteiger partial charge in [0.2, 0.25) is 15.9 Å². The molecule has 0 bridgehead atoms. The minimum absolute atomic E-state index is 0.0228. The Bertz CT molecular complexity index is 848. The normalized spacial score (nSPS) is 13.8. The van der Waals surface area contributed by atoms with Gasteiger partial charge in [0.15, 0.2) is 0 Å². The van der Waals surface area contributed by atoms with Gasteiger partial charge in [0, 0.05) is 25.7 Å². The molecule has 1 amide bonds. The molecule has 1 heterocycles. The van der Waals surface area contributed by atoms with Crippen molar-refractivity contribution in [2.45, 2.75) is 24.7 Å². The van der Waals surface area contributed by atoms with Gasteiger partial charge in [0.25, 0.3) is 0 Å². The molecule has 1 aliphatic rings. The Morgan fingerprint density at radius 3 is 2.62 bits per heavy atom. The van der Waals surface area contributed by atoms with Crippen LogP contribution in [0.15, 0.2) is 53.4 Å². The summed E-state index contributed by atoms with van der Waals surface area (Å²) >= 11 is 0. The van der Waals surface area contributed by atoms with Crippen LogP contribution in [0.4, 0.5) is 5.69 Å². The lowest BCUT2D eigenvalue weighted by atomic mass is 10.2. The molecule has 0 fully saturated rings. The molecule has 5 nitrogen and oxygen atoms in total. The first kappa shape index (κ1) is 16.7. The van der Waals surface area contributed by atoms with Gasteiger partial charge in [-0.3, -0.25) is 4.79 Å². The number of benzene rings is 2. The van der Waals surface area contributed by atoms with Crippen molar-refractivity contribution in [3.05, 3.63) is 59.7 Å². The van der Waals surface area contributed by atoms with E-state index in [0.717, 1.165) is 16.8 Å². The van der Waals surface area contributed by atoms with E-state index < -0.39 is 10.0 Å². The molecule has 6 heteroatoms. The number of nitrogens with zero attached hydrogens (tertiary/aromatic N) is 1. The van der Waals surface area contributed by atoms with E-state index in [0.29, 0.717) is 25.9 Å². The summed E-state index contributed by atoms with van der Waals surface area (Å²) in [6, 6.07) is 14.7. The highest BCUT2D eigenvalue weighted by Gasteiger charge is 2.24. The van der Waals surface area contributed by atoms with Gasteiger partial charge in [-0.15, -0.1) is 0 Å². The zero-order valence-corrected chi connectivity index (χ0v) is 14.3. The van der Waals surface area contributed by atoms with Crippen molar-refractivity contribution >= 4 is 21.6 Å². The van der Waals surface area contributed by atoms with Crippen molar-refractivity contribution in [3.63, 3.8) is 0 Å². The second kappa shape index (κ2) is 6.75. The Morgan fingerprint density at radius 2 is 1.92 bits per heavy atom. The Labute approximate surface area is 142 Å². The number of fused-ring (bicyclic) bond motifs is 1. The van der Waals surface area contributed by atoms with Crippen molar-refractivity contribution in [1.29, 1.82) is 0 Å². The number of anilines is 1. The van der Waals surface area contributed by atoms with Crippen LogP contribution in [-0.2, 0) is 27.7 Å². The Hall–Kier alpha value is -2.18. The number of carbonyl (C=O) groups is 1. The van der Waals surface area contributed by atoms with Crippen LogP contribution in [0.25, 0.3) is 0 Å². The summed E-state index contributed by atoms with van der Waals surface area (Å²) < 4.78 is 27.5. The molecule has 0 aromatic heterocycles. The van der Waals surface area contributed by atoms with Crippen LogP contribution >= 0.6 is 0 Å². The maximum absolute atomic E-state index is 12.4. The zero-order valence-electron chi connectivity index (χ0n) is 13.5. The monoisotopic (exact) mass is 344 g/mol. The van der Waals surface area contributed by atoms with Crippen molar-refractivity contribution in [3.8, 4) is 0 Å². The molecule has 126 valence electrons. The molecule has 0 unspecified atom stereocenters. The Morgan fingerprint density at radius 1 is 1.17 bits per heavy atom. The van der Waals surface area contributed by atoms with E-state index in [-0.39, 0.29) is 10.8 Å². The average Bonchev–Trinajstić information content (AvgIpc) is 2.99. The molecule has 1 aliphatic heterocycles. The molecule has 24 heavy (non-hydrogen) atoms. The van der Waals surface area contributed by atoms with Gasteiger partial charge in [-0.2, -0.15) is 0 Å². The van der Waals surface area contributed by atoms with Gasteiger partial charge >= 0.3 is 0 Å². The molecule has 3 rings (SSSR count). The fourth-order valence-electron chi connectivity index (χ4n) is 2.93. The molecule has 0 aliphatic carbocycles. The van der Waals surface area contributed by atoms with E-state index in [1.807, 2.05) is 30.3 Å². The summed E-state index contributed by atoms with van der Waals surface area (Å²) in [4.78, 5) is 13.5. The molecule has 0 saturated heterocycles. The second-order valence-corrected chi connectivity index (χ2v) is 7.61. The summed E-state index contributed by atoms with van der Waals surface area (Å²) in [6.45, 7) is 2.48. The first-order chi connectivity index (χ1) is 11.5. The van der Waals surface area contributed by atoms with Gasteiger partial charge in [0.1, 0.15) is 0 Å². The Kier molecular flexibility index (Phi) is 4.69. The largest absolute Gasteiger partial charge is 0.312 e. The van der Waals surface area contributed by atoms with Gasteiger partial charge in [-0.25, -0.2) is 13.1 Å². The number of amides is 1. The minimum atomic E-state index is -3.54. The first-order valence-electron chi connectivity index (χ1n) is 7.92. The van der Waals surface area contributed by atoms with Crippen molar-refractivity contribution < 1.29 is 13.2 Å². The molecule has 2 aromatic carbocycles. The van der Waals surface area contributed by atoms with Gasteiger partial charge in [-0.05, 0) is 42.2 Å². The van der Waals surface area contributed by atoms with Gasteiger partial charge < -0.3 is 4.90 Å². The lowest BCUT2D eigenvalue weighted by molar-refractivity contribution is -0.116. The molecule has 1 N–H and O–H groups in total. The van der Waals surface area contributed by atoms with Crippen LogP contribution in [0.3, 0.4) is 0 Å². The van der Waals surface area contributed by atoms with E-state index in [9.17, 15) is 13.2 Å². The third kappa shape index (κ3) is 3.49. The molecule has 0 radical (unpaired) electrons. The fraction of sp³-hybridized carbons (Fsp3) is 0.278.